The van der Waals surface area contributed by atoms with Crippen molar-refractivity contribution in [2.45, 2.75) is 50.7 Å². The Hall–Kier alpha value is -2.59. The van der Waals surface area contributed by atoms with Crippen LogP contribution in [-0.2, 0) is 32.2 Å². The van der Waals surface area contributed by atoms with E-state index in [9.17, 15) is 31.1 Å². The summed E-state index contributed by atoms with van der Waals surface area (Å²) in [6.07, 6.45) is -9.98. The summed E-state index contributed by atoms with van der Waals surface area (Å²) < 4.78 is 90.5. The molecule has 4 nitrogen and oxygen atoms in total. The second kappa shape index (κ2) is 10.6. The molecule has 1 aliphatic heterocycles. The van der Waals surface area contributed by atoms with Gasteiger partial charge in [-0.15, -0.1) is 0 Å². The Morgan fingerprint density at radius 3 is 2.14 bits per heavy atom. The SMILES string of the molecule is CCOC(=O)C1CC[C@@](COC(C)c2cc(C(F)(F)F)cc(C(F)(F)F)c2)(c2ccccc2)NC1. The maximum Gasteiger partial charge on any atom is 0.416 e. The molecule has 1 fully saturated rings. The number of carbonyl (C=O) groups excluding carboxylic acids is 1. The lowest BCUT2D eigenvalue weighted by atomic mass is 9.79. The van der Waals surface area contributed by atoms with Crippen LogP contribution in [0.5, 0.6) is 0 Å². The number of alkyl halides is 6. The molecule has 35 heavy (non-hydrogen) atoms. The minimum absolute atomic E-state index is 0.0225. The summed E-state index contributed by atoms with van der Waals surface area (Å²) >= 11 is 0. The standard InChI is InChI=1S/C25H27F6NO3/c1-3-34-22(33)17-9-10-23(32-14-17,19-7-5-4-6-8-19)15-35-16(2)18-11-20(24(26,27)28)13-21(12-18)25(29,30)31/h4-8,11-13,16-17,32H,3,9-10,14-15H2,1-2H3/t16?,17?,23-/m1/s1. The van der Waals surface area contributed by atoms with E-state index < -0.39 is 35.1 Å². The Bertz CT molecular complexity index is 966. The second-order valence-corrected chi connectivity index (χ2v) is 8.61. The van der Waals surface area contributed by atoms with E-state index in [4.69, 9.17) is 9.47 Å². The van der Waals surface area contributed by atoms with Gasteiger partial charge in [0.15, 0.2) is 0 Å². The summed E-state index contributed by atoms with van der Waals surface area (Å²) in [6, 6.07) is 10.6. The number of esters is 1. The van der Waals surface area contributed by atoms with E-state index in [-0.39, 0.29) is 36.7 Å². The Morgan fingerprint density at radius 2 is 1.66 bits per heavy atom. The first-order valence-electron chi connectivity index (χ1n) is 11.2. The summed E-state index contributed by atoms with van der Waals surface area (Å²) in [6.45, 7) is 3.67. The highest BCUT2D eigenvalue weighted by molar-refractivity contribution is 5.72. The monoisotopic (exact) mass is 503 g/mol. The average Bonchev–Trinajstić information content (AvgIpc) is 2.82. The number of nitrogens with one attached hydrogen (secondary N) is 1. The van der Waals surface area contributed by atoms with Crippen LogP contribution < -0.4 is 5.32 Å². The summed E-state index contributed by atoms with van der Waals surface area (Å²) in [5.41, 5.74) is -2.93. The van der Waals surface area contributed by atoms with Crippen molar-refractivity contribution in [3.05, 3.63) is 70.8 Å². The Morgan fingerprint density at radius 1 is 1.06 bits per heavy atom. The number of piperidine rings is 1. The van der Waals surface area contributed by atoms with Crippen LogP contribution in [0.1, 0.15) is 55.0 Å². The molecule has 2 aromatic carbocycles. The van der Waals surface area contributed by atoms with Crippen molar-refractivity contribution in [2.75, 3.05) is 19.8 Å². The smallest absolute Gasteiger partial charge is 0.416 e. The fourth-order valence-corrected chi connectivity index (χ4v) is 4.18. The highest BCUT2D eigenvalue weighted by Gasteiger charge is 2.41. The molecule has 2 unspecified atom stereocenters. The van der Waals surface area contributed by atoms with Crippen molar-refractivity contribution < 1.29 is 40.6 Å². The highest BCUT2D eigenvalue weighted by atomic mass is 19.4. The summed E-state index contributed by atoms with van der Waals surface area (Å²) in [7, 11) is 0. The van der Waals surface area contributed by atoms with Crippen LogP contribution in [0.4, 0.5) is 26.3 Å². The van der Waals surface area contributed by atoms with Gasteiger partial charge in [-0.1, -0.05) is 30.3 Å². The third-order valence-electron chi connectivity index (χ3n) is 6.21. The number of halogens is 6. The summed E-state index contributed by atoms with van der Waals surface area (Å²) in [5.74, 6) is -0.679. The van der Waals surface area contributed by atoms with Crippen LogP contribution in [0, 0.1) is 5.92 Å². The van der Waals surface area contributed by atoms with Gasteiger partial charge in [-0.2, -0.15) is 26.3 Å². The first kappa shape index (κ1) is 27.0. The average molecular weight is 503 g/mol. The van der Waals surface area contributed by atoms with E-state index in [2.05, 4.69) is 5.32 Å². The van der Waals surface area contributed by atoms with Crippen LogP contribution >= 0.6 is 0 Å². The zero-order valence-electron chi connectivity index (χ0n) is 19.3. The van der Waals surface area contributed by atoms with E-state index in [0.717, 1.165) is 5.56 Å². The summed E-state index contributed by atoms with van der Waals surface area (Å²) in [4.78, 5) is 12.1. The van der Waals surface area contributed by atoms with Gasteiger partial charge in [-0.05, 0) is 56.0 Å². The molecule has 0 saturated carbocycles. The van der Waals surface area contributed by atoms with Crippen molar-refractivity contribution in [2.24, 2.45) is 5.92 Å². The third kappa shape index (κ3) is 6.55. The third-order valence-corrected chi connectivity index (χ3v) is 6.21. The predicted octanol–water partition coefficient (Wildman–Crippen LogP) is 6.26. The molecule has 1 heterocycles. The van der Waals surface area contributed by atoms with E-state index in [0.29, 0.717) is 31.5 Å². The lowest BCUT2D eigenvalue weighted by molar-refractivity contribution is -0.150. The van der Waals surface area contributed by atoms with Crippen molar-refractivity contribution in [1.82, 2.24) is 5.32 Å². The molecule has 0 bridgehead atoms. The van der Waals surface area contributed by atoms with E-state index in [1.165, 1.54) is 6.92 Å². The van der Waals surface area contributed by atoms with Crippen LogP contribution in [0.3, 0.4) is 0 Å². The van der Waals surface area contributed by atoms with E-state index in [1.54, 1.807) is 6.92 Å². The van der Waals surface area contributed by atoms with Crippen LogP contribution in [0.15, 0.2) is 48.5 Å². The fourth-order valence-electron chi connectivity index (χ4n) is 4.18. The normalized spacial score (nSPS) is 22.0. The minimum Gasteiger partial charge on any atom is -0.466 e. The minimum atomic E-state index is -4.94. The lowest BCUT2D eigenvalue weighted by Gasteiger charge is -2.41. The van der Waals surface area contributed by atoms with E-state index >= 15 is 0 Å². The number of carbonyl (C=O) groups is 1. The molecule has 0 amide bonds. The van der Waals surface area contributed by atoms with Gasteiger partial charge in [-0.25, -0.2) is 0 Å². The number of ether oxygens (including phenoxy) is 2. The topological polar surface area (TPSA) is 47.6 Å². The van der Waals surface area contributed by atoms with Crippen LogP contribution in [0.25, 0.3) is 0 Å². The molecule has 10 heteroatoms. The van der Waals surface area contributed by atoms with Crippen LogP contribution in [-0.4, -0.2) is 25.7 Å². The van der Waals surface area contributed by atoms with Gasteiger partial charge >= 0.3 is 18.3 Å². The maximum atomic E-state index is 13.3. The molecule has 1 aliphatic rings. The zero-order valence-corrected chi connectivity index (χ0v) is 19.3. The molecule has 0 radical (unpaired) electrons. The van der Waals surface area contributed by atoms with Gasteiger partial charge < -0.3 is 14.8 Å². The van der Waals surface area contributed by atoms with Gasteiger partial charge in [-0.3, -0.25) is 4.79 Å². The molecule has 1 saturated heterocycles. The van der Waals surface area contributed by atoms with Gasteiger partial charge in [0.25, 0.3) is 0 Å². The van der Waals surface area contributed by atoms with Crippen LogP contribution in [0.2, 0.25) is 0 Å². The molecule has 0 aliphatic carbocycles. The molecular weight excluding hydrogens is 476 g/mol. The van der Waals surface area contributed by atoms with Gasteiger partial charge in [0, 0.05) is 6.54 Å². The van der Waals surface area contributed by atoms with E-state index in [1.807, 2.05) is 30.3 Å². The molecule has 2 aromatic rings. The number of hydrogen-bond acceptors (Lipinski definition) is 4. The second-order valence-electron chi connectivity index (χ2n) is 8.61. The van der Waals surface area contributed by atoms with Gasteiger partial charge in [0.2, 0.25) is 0 Å². The molecule has 3 rings (SSSR count). The number of hydrogen-bond donors (Lipinski definition) is 1. The Kier molecular flexibility index (Phi) is 8.16. The largest absolute Gasteiger partial charge is 0.466 e. The van der Waals surface area contributed by atoms with Gasteiger partial charge in [0.1, 0.15) is 0 Å². The van der Waals surface area contributed by atoms with Gasteiger partial charge in [0.05, 0.1) is 41.9 Å². The molecule has 0 aromatic heterocycles. The van der Waals surface area contributed by atoms with Crippen molar-refractivity contribution in [3.63, 3.8) is 0 Å². The molecule has 3 atom stereocenters. The fraction of sp³-hybridized carbons (Fsp3) is 0.480. The molecule has 192 valence electrons. The van der Waals surface area contributed by atoms with Crippen molar-refractivity contribution in [1.29, 1.82) is 0 Å². The predicted molar refractivity (Wildman–Crippen MR) is 116 cm³/mol. The first-order chi connectivity index (χ1) is 16.4. The zero-order chi connectivity index (χ0) is 25.9. The molecule has 1 N–H and O–H groups in total. The first-order valence-corrected chi connectivity index (χ1v) is 11.2. The van der Waals surface area contributed by atoms with Crippen molar-refractivity contribution >= 4 is 5.97 Å². The lowest BCUT2D eigenvalue weighted by Crippen LogP contribution is -2.53. The van der Waals surface area contributed by atoms with Crippen molar-refractivity contribution in [3.8, 4) is 0 Å². The Labute approximate surface area is 199 Å². The number of benzene rings is 2. The Balaban J connectivity index is 1.84. The molecule has 0 spiro atoms. The quantitative estimate of drug-likeness (QED) is 0.358. The maximum absolute atomic E-state index is 13.3. The summed E-state index contributed by atoms with van der Waals surface area (Å²) in [5, 5.41) is 3.33. The number of rotatable bonds is 7. The molecular formula is C25H27F6NO3. The highest BCUT2D eigenvalue weighted by Crippen LogP contribution is 2.39.